The molecule has 0 aromatic rings. The lowest BCUT2D eigenvalue weighted by Gasteiger charge is -2.35. The van der Waals surface area contributed by atoms with Crippen molar-refractivity contribution in [1.82, 2.24) is 4.90 Å². The summed E-state index contributed by atoms with van der Waals surface area (Å²) in [5.41, 5.74) is 5.31. The zero-order valence-corrected chi connectivity index (χ0v) is 11.4. The largest absolute Gasteiger partial charge is 0.392 e. The highest BCUT2D eigenvalue weighted by molar-refractivity contribution is 7.80. The van der Waals surface area contributed by atoms with E-state index in [2.05, 4.69) is 0 Å². The average Bonchev–Trinajstić information content (AvgIpc) is 2.72. The topological polar surface area (TPSA) is 46.3 Å². The summed E-state index contributed by atoms with van der Waals surface area (Å²) in [6, 6.07) is 0. The van der Waals surface area contributed by atoms with Gasteiger partial charge in [-0.1, -0.05) is 31.5 Å². The van der Waals surface area contributed by atoms with E-state index in [1.807, 2.05) is 11.9 Å². The molecule has 2 fully saturated rings. The van der Waals surface area contributed by atoms with E-state index < -0.39 is 5.41 Å². The molecule has 0 spiro atoms. The van der Waals surface area contributed by atoms with E-state index in [0.717, 1.165) is 32.2 Å². The Morgan fingerprint density at radius 1 is 1.35 bits per heavy atom. The maximum Gasteiger partial charge on any atom is 0.235 e. The third-order valence-corrected chi connectivity index (χ3v) is 4.83. The fraction of sp³-hybridized carbons (Fsp3) is 0.846. The number of nitrogens with two attached hydrogens (primary N) is 1. The zero-order chi connectivity index (χ0) is 12.5. The molecular weight excluding hydrogens is 232 g/mol. The van der Waals surface area contributed by atoms with E-state index in [4.69, 9.17) is 18.0 Å². The highest BCUT2D eigenvalue weighted by Gasteiger charge is 2.45. The molecule has 0 heterocycles. The van der Waals surface area contributed by atoms with Crippen molar-refractivity contribution in [1.29, 1.82) is 0 Å². The van der Waals surface area contributed by atoms with Crippen LogP contribution >= 0.6 is 12.2 Å². The molecule has 0 saturated heterocycles. The number of rotatable bonds is 4. The summed E-state index contributed by atoms with van der Waals surface area (Å²) in [5, 5.41) is 0. The smallest absolute Gasteiger partial charge is 0.235 e. The molecule has 0 atom stereocenters. The van der Waals surface area contributed by atoms with E-state index in [1.54, 1.807) is 0 Å². The van der Waals surface area contributed by atoms with E-state index in [-0.39, 0.29) is 5.91 Å². The summed E-state index contributed by atoms with van der Waals surface area (Å²) in [5.74, 6) is 0.864. The number of carbonyl (C=O) groups is 1. The number of hydrogen-bond acceptors (Lipinski definition) is 2. The van der Waals surface area contributed by atoms with Crippen LogP contribution in [0.15, 0.2) is 0 Å². The van der Waals surface area contributed by atoms with Crippen molar-refractivity contribution in [3.05, 3.63) is 0 Å². The molecule has 0 aromatic heterocycles. The molecule has 3 nitrogen and oxygen atoms in total. The van der Waals surface area contributed by atoms with Gasteiger partial charge in [-0.05, 0) is 31.6 Å². The minimum Gasteiger partial charge on any atom is -0.392 e. The standard InChI is InChI=1S/C13H22N2OS/c1-15(9-10-5-4-6-10)12(16)13(11(14)17)7-2-3-8-13/h10H,2-9H2,1H3,(H2,14,17). The Morgan fingerprint density at radius 2 is 1.94 bits per heavy atom. The van der Waals surface area contributed by atoms with Gasteiger partial charge in [0.15, 0.2) is 0 Å². The number of amides is 1. The van der Waals surface area contributed by atoms with Gasteiger partial charge in [-0.15, -0.1) is 0 Å². The van der Waals surface area contributed by atoms with Crippen LogP contribution in [0.25, 0.3) is 0 Å². The molecular formula is C13H22N2OS. The molecule has 2 saturated carbocycles. The predicted octanol–water partition coefficient (Wildman–Crippen LogP) is 2.09. The van der Waals surface area contributed by atoms with Gasteiger partial charge >= 0.3 is 0 Å². The van der Waals surface area contributed by atoms with Crippen LogP contribution < -0.4 is 5.73 Å². The lowest BCUT2D eigenvalue weighted by Crippen LogP contribution is -2.49. The lowest BCUT2D eigenvalue weighted by atomic mass is 9.82. The van der Waals surface area contributed by atoms with Gasteiger partial charge in [-0.2, -0.15) is 0 Å². The maximum atomic E-state index is 12.5. The Kier molecular flexibility index (Phi) is 3.71. The first-order chi connectivity index (χ1) is 8.06. The van der Waals surface area contributed by atoms with Crippen LogP contribution in [0.3, 0.4) is 0 Å². The SMILES string of the molecule is CN(CC1CCC1)C(=O)C1(C(N)=S)CCCC1. The van der Waals surface area contributed by atoms with Crippen molar-refractivity contribution in [2.75, 3.05) is 13.6 Å². The Hall–Kier alpha value is -0.640. The highest BCUT2D eigenvalue weighted by Crippen LogP contribution is 2.40. The fourth-order valence-electron chi connectivity index (χ4n) is 3.06. The van der Waals surface area contributed by atoms with Gasteiger partial charge < -0.3 is 10.6 Å². The summed E-state index contributed by atoms with van der Waals surface area (Å²) in [7, 11) is 1.90. The van der Waals surface area contributed by atoms with Gasteiger partial charge in [0.1, 0.15) is 0 Å². The van der Waals surface area contributed by atoms with E-state index in [0.29, 0.717) is 10.9 Å². The van der Waals surface area contributed by atoms with Crippen molar-refractivity contribution in [2.45, 2.75) is 44.9 Å². The molecule has 0 aliphatic heterocycles. The van der Waals surface area contributed by atoms with Crippen molar-refractivity contribution in [3.8, 4) is 0 Å². The molecule has 0 bridgehead atoms. The Bertz CT molecular complexity index is 319. The molecule has 2 aliphatic rings. The molecule has 96 valence electrons. The first-order valence-corrected chi connectivity index (χ1v) is 7.02. The van der Waals surface area contributed by atoms with Crippen LogP contribution in [0, 0.1) is 11.3 Å². The lowest BCUT2D eigenvalue weighted by molar-refractivity contribution is -0.137. The summed E-state index contributed by atoms with van der Waals surface area (Å²) < 4.78 is 0. The van der Waals surface area contributed by atoms with Gasteiger partial charge in [0.05, 0.1) is 10.4 Å². The minimum absolute atomic E-state index is 0.161. The van der Waals surface area contributed by atoms with Crippen molar-refractivity contribution in [2.24, 2.45) is 17.1 Å². The van der Waals surface area contributed by atoms with E-state index in [1.165, 1.54) is 19.3 Å². The van der Waals surface area contributed by atoms with E-state index >= 15 is 0 Å². The second-order valence-electron chi connectivity index (χ2n) is 5.64. The van der Waals surface area contributed by atoms with Crippen molar-refractivity contribution < 1.29 is 4.79 Å². The molecule has 2 rings (SSSR count). The van der Waals surface area contributed by atoms with E-state index in [9.17, 15) is 4.79 Å². The van der Waals surface area contributed by atoms with Crippen molar-refractivity contribution in [3.63, 3.8) is 0 Å². The number of thiocarbonyl (C=S) groups is 1. The average molecular weight is 254 g/mol. The van der Waals surface area contributed by atoms with Crippen LogP contribution in [0.1, 0.15) is 44.9 Å². The van der Waals surface area contributed by atoms with Crippen LogP contribution in [0.2, 0.25) is 0 Å². The third-order valence-electron chi connectivity index (χ3n) is 4.44. The molecule has 17 heavy (non-hydrogen) atoms. The summed E-state index contributed by atoms with van der Waals surface area (Å²) in [6.45, 7) is 0.878. The first kappa shape index (κ1) is 12.8. The summed E-state index contributed by atoms with van der Waals surface area (Å²) >= 11 is 5.15. The highest BCUT2D eigenvalue weighted by atomic mass is 32.1. The monoisotopic (exact) mass is 254 g/mol. The number of carbonyl (C=O) groups excluding carboxylic acids is 1. The van der Waals surface area contributed by atoms with Crippen LogP contribution in [-0.2, 0) is 4.79 Å². The summed E-state index contributed by atoms with van der Waals surface area (Å²) in [4.78, 5) is 14.8. The van der Waals surface area contributed by atoms with Gasteiger partial charge in [-0.3, -0.25) is 4.79 Å². The Labute approximate surface area is 109 Å². The van der Waals surface area contributed by atoms with Gasteiger partial charge in [0.25, 0.3) is 0 Å². The second kappa shape index (κ2) is 4.92. The van der Waals surface area contributed by atoms with Crippen LogP contribution in [0.4, 0.5) is 0 Å². The predicted molar refractivity (Wildman–Crippen MR) is 72.7 cm³/mol. The number of hydrogen-bond donors (Lipinski definition) is 1. The van der Waals surface area contributed by atoms with Crippen LogP contribution in [0.5, 0.6) is 0 Å². The molecule has 1 amide bonds. The van der Waals surface area contributed by atoms with Gasteiger partial charge in [0.2, 0.25) is 5.91 Å². The molecule has 2 N–H and O–H groups in total. The van der Waals surface area contributed by atoms with Crippen molar-refractivity contribution >= 4 is 23.1 Å². The molecule has 0 unspecified atom stereocenters. The molecule has 0 aromatic carbocycles. The normalized spacial score (nSPS) is 23.1. The Morgan fingerprint density at radius 3 is 2.35 bits per heavy atom. The second-order valence-corrected chi connectivity index (χ2v) is 6.08. The molecule has 2 aliphatic carbocycles. The minimum atomic E-state index is -0.520. The quantitative estimate of drug-likeness (QED) is 0.781. The fourth-order valence-corrected chi connectivity index (χ4v) is 3.35. The number of nitrogens with zero attached hydrogens (tertiary/aromatic N) is 1. The molecule has 4 heteroatoms. The first-order valence-electron chi connectivity index (χ1n) is 6.62. The molecule has 0 radical (unpaired) electrons. The van der Waals surface area contributed by atoms with Crippen LogP contribution in [-0.4, -0.2) is 29.4 Å². The summed E-state index contributed by atoms with van der Waals surface area (Å²) in [6.07, 6.45) is 7.66. The van der Waals surface area contributed by atoms with Gasteiger partial charge in [-0.25, -0.2) is 0 Å². The van der Waals surface area contributed by atoms with Gasteiger partial charge in [0, 0.05) is 13.6 Å². The zero-order valence-electron chi connectivity index (χ0n) is 10.6. The third kappa shape index (κ3) is 2.32. The Balaban J connectivity index is 2.02. The maximum absolute atomic E-state index is 12.5.